The van der Waals surface area contributed by atoms with Gasteiger partial charge >= 0.3 is 11.9 Å². The van der Waals surface area contributed by atoms with Crippen LogP contribution in [0.4, 0.5) is 0 Å². The Morgan fingerprint density at radius 3 is 1.24 bits per heavy atom. The first-order valence-corrected chi connectivity index (χ1v) is 19.0. The minimum absolute atomic E-state index is 0.252. The Morgan fingerprint density at radius 2 is 0.913 bits per heavy atom. The molecule has 0 bridgehead atoms. The fourth-order valence-electron chi connectivity index (χ4n) is 7.81. The van der Waals surface area contributed by atoms with Crippen LogP contribution in [0.2, 0.25) is 0 Å². The highest BCUT2D eigenvalue weighted by Crippen LogP contribution is 2.39. The van der Waals surface area contributed by atoms with Gasteiger partial charge in [0.1, 0.15) is 0 Å². The third-order valence-corrected chi connectivity index (χ3v) is 11.0. The smallest absolute Gasteiger partial charge is 0.338 e. The maximum atomic E-state index is 12.8. The van der Waals surface area contributed by atoms with Crippen LogP contribution in [0.1, 0.15) is 187 Å². The third-order valence-electron chi connectivity index (χ3n) is 11.0. The quantitative estimate of drug-likeness (QED) is 0.129. The van der Waals surface area contributed by atoms with Crippen molar-refractivity contribution in [1.29, 1.82) is 0 Å². The second-order valence-electron chi connectivity index (χ2n) is 14.7. The van der Waals surface area contributed by atoms with Gasteiger partial charge in [-0.2, -0.15) is 0 Å². The fraction of sp³-hybridized carbons (Fsp3) is 0.667. The largest absolute Gasteiger partial charge is 0.459 e. The van der Waals surface area contributed by atoms with E-state index in [1.54, 1.807) is 0 Å². The van der Waals surface area contributed by atoms with Gasteiger partial charge in [-0.25, -0.2) is 9.59 Å². The zero-order chi connectivity index (χ0) is 32.7. The second kappa shape index (κ2) is 19.3. The summed E-state index contributed by atoms with van der Waals surface area (Å²) >= 11 is 0. The van der Waals surface area contributed by atoms with Gasteiger partial charge in [0.05, 0.1) is 23.3 Å². The first kappa shape index (κ1) is 36.2. The van der Waals surface area contributed by atoms with Gasteiger partial charge in [-0.3, -0.25) is 0 Å². The van der Waals surface area contributed by atoms with Crippen molar-refractivity contribution in [2.45, 2.75) is 167 Å². The molecule has 0 saturated heterocycles. The molecule has 0 spiro atoms. The van der Waals surface area contributed by atoms with E-state index in [0.717, 1.165) is 11.8 Å². The van der Waals surface area contributed by atoms with Gasteiger partial charge in [-0.1, -0.05) is 89.5 Å². The Balaban J connectivity index is 1.13. The molecule has 0 unspecified atom stereocenters. The van der Waals surface area contributed by atoms with Crippen LogP contribution in [-0.2, 0) is 9.47 Å². The molecular formula is C42H62O4. The molecule has 4 rings (SSSR count). The van der Waals surface area contributed by atoms with Crippen LogP contribution in [0.15, 0.2) is 48.5 Å². The molecule has 2 aliphatic carbocycles. The highest BCUT2D eigenvalue weighted by molar-refractivity contribution is 5.90. The van der Waals surface area contributed by atoms with Crippen molar-refractivity contribution in [3.05, 3.63) is 70.8 Å². The van der Waals surface area contributed by atoms with Crippen LogP contribution in [0, 0.1) is 11.8 Å². The molecule has 46 heavy (non-hydrogen) atoms. The van der Waals surface area contributed by atoms with Crippen molar-refractivity contribution in [3.8, 4) is 0 Å². The van der Waals surface area contributed by atoms with Gasteiger partial charge in [-0.15, -0.1) is 0 Å². The minimum atomic E-state index is -0.284. The molecule has 4 heteroatoms. The summed E-state index contributed by atoms with van der Waals surface area (Å²) in [5, 5.41) is 0. The molecule has 2 fully saturated rings. The van der Waals surface area contributed by atoms with Gasteiger partial charge in [0.25, 0.3) is 0 Å². The van der Waals surface area contributed by atoms with Gasteiger partial charge in [0.2, 0.25) is 0 Å². The minimum Gasteiger partial charge on any atom is -0.459 e. The average molecular weight is 631 g/mol. The number of esters is 2. The van der Waals surface area contributed by atoms with Gasteiger partial charge in [0, 0.05) is 0 Å². The van der Waals surface area contributed by atoms with Gasteiger partial charge < -0.3 is 9.47 Å². The van der Waals surface area contributed by atoms with E-state index in [9.17, 15) is 9.59 Å². The Morgan fingerprint density at radius 1 is 0.565 bits per heavy atom. The Bertz CT molecular complexity index is 1060. The zero-order valence-corrected chi connectivity index (χ0v) is 29.4. The van der Waals surface area contributed by atoms with Crippen molar-refractivity contribution in [2.75, 3.05) is 0 Å². The fourth-order valence-corrected chi connectivity index (χ4v) is 7.81. The number of carbonyl (C=O) groups is 2. The lowest BCUT2D eigenvalue weighted by Crippen LogP contribution is -2.20. The van der Waals surface area contributed by atoms with E-state index in [-0.39, 0.29) is 24.1 Å². The number of rotatable bonds is 17. The normalized spacial score (nSPS) is 23.0. The number of benzene rings is 2. The lowest BCUT2D eigenvalue weighted by Gasteiger charge is -2.29. The molecule has 4 nitrogen and oxygen atoms in total. The monoisotopic (exact) mass is 630 g/mol. The highest BCUT2D eigenvalue weighted by atomic mass is 16.5. The summed E-state index contributed by atoms with van der Waals surface area (Å²) < 4.78 is 11.5. The standard InChI is InChI=1S/C42H62O4/c1-5-7-9-11-33-15-19-35(20-16-33)37-23-27-39(28-24-37)41(43)45-31(3)13-14-32(4)46-42(44)40-29-25-38(26-30-40)36-21-17-34(18-22-36)12-10-8-6-2/h23-36H,5-22H2,1-4H3/t31-,32-,33?,34?,35?,36?/m1/s1. The van der Waals surface area contributed by atoms with Crippen LogP contribution in [0.3, 0.4) is 0 Å². The average Bonchev–Trinajstić information content (AvgIpc) is 3.08. The van der Waals surface area contributed by atoms with Crippen LogP contribution >= 0.6 is 0 Å². The molecule has 2 aromatic rings. The molecule has 0 amide bonds. The van der Waals surface area contributed by atoms with Crippen LogP contribution in [-0.4, -0.2) is 24.1 Å². The maximum absolute atomic E-state index is 12.8. The summed E-state index contributed by atoms with van der Waals surface area (Å²) in [5.41, 5.74) is 3.91. The summed E-state index contributed by atoms with van der Waals surface area (Å²) in [5.74, 6) is 2.45. The summed E-state index contributed by atoms with van der Waals surface area (Å²) in [6.07, 6.45) is 22.0. The number of carbonyl (C=O) groups excluding carboxylic acids is 2. The van der Waals surface area contributed by atoms with Crippen LogP contribution < -0.4 is 0 Å². The van der Waals surface area contributed by atoms with Crippen molar-refractivity contribution in [1.82, 2.24) is 0 Å². The molecule has 2 aromatic carbocycles. The van der Waals surface area contributed by atoms with E-state index in [4.69, 9.17) is 9.47 Å². The molecule has 2 atom stereocenters. The molecule has 0 heterocycles. The van der Waals surface area contributed by atoms with Crippen LogP contribution in [0.5, 0.6) is 0 Å². The molecule has 0 N–H and O–H groups in total. The molecule has 2 saturated carbocycles. The Labute approximate surface area is 280 Å². The third kappa shape index (κ3) is 11.6. The topological polar surface area (TPSA) is 52.6 Å². The Kier molecular flexibility index (Phi) is 15.2. The SMILES string of the molecule is CCCCCC1CCC(c2ccc(C(=O)O[C@H](C)CC[C@@H](C)OC(=O)c3ccc(C4CCC(CCCCC)CC4)cc3)cc2)CC1. The second-order valence-corrected chi connectivity index (χ2v) is 14.7. The lowest BCUT2D eigenvalue weighted by molar-refractivity contribution is 0.0187. The molecule has 0 aliphatic heterocycles. The van der Waals surface area contributed by atoms with E-state index < -0.39 is 0 Å². The molecular weight excluding hydrogens is 568 g/mol. The number of hydrogen-bond donors (Lipinski definition) is 0. The van der Waals surface area contributed by atoms with Crippen molar-refractivity contribution < 1.29 is 19.1 Å². The number of hydrogen-bond acceptors (Lipinski definition) is 4. The Hall–Kier alpha value is -2.62. The predicted octanol–water partition coefficient (Wildman–Crippen LogP) is 12.0. The van der Waals surface area contributed by atoms with E-state index in [1.807, 2.05) is 38.1 Å². The van der Waals surface area contributed by atoms with Crippen molar-refractivity contribution in [3.63, 3.8) is 0 Å². The molecule has 2 aliphatic rings. The summed E-state index contributed by atoms with van der Waals surface area (Å²) in [6, 6.07) is 16.2. The highest BCUT2D eigenvalue weighted by Gasteiger charge is 2.24. The number of ether oxygens (including phenoxy) is 2. The first-order chi connectivity index (χ1) is 22.4. The summed E-state index contributed by atoms with van der Waals surface area (Å²) in [7, 11) is 0. The molecule has 254 valence electrons. The van der Waals surface area contributed by atoms with Gasteiger partial charge in [-0.05, 0) is 137 Å². The van der Waals surface area contributed by atoms with Crippen LogP contribution in [0.25, 0.3) is 0 Å². The number of unbranched alkanes of at least 4 members (excludes halogenated alkanes) is 4. The first-order valence-electron chi connectivity index (χ1n) is 19.0. The predicted molar refractivity (Wildman–Crippen MR) is 190 cm³/mol. The lowest BCUT2D eigenvalue weighted by atomic mass is 9.77. The van der Waals surface area contributed by atoms with E-state index >= 15 is 0 Å². The van der Waals surface area contributed by atoms with E-state index in [0.29, 0.717) is 35.8 Å². The van der Waals surface area contributed by atoms with Crippen molar-refractivity contribution in [2.24, 2.45) is 11.8 Å². The van der Waals surface area contributed by atoms with Crippen molar-refractivity contribution >= 4 is 11.9 Å². The molecule has 0 aromatic heterocycles. The van der Waals surface area contributed by atoms with Gasteiger partial charge in [0.15, 0.2) is 0 Å². The zero-order valence-electron chi connectivity index (χ0n) is 29.4. The molecule has 0 radical (unpaired) electrons. The summed E-state index contributed by atoms with van der Waals surface area (Å²) in [4.78, 5) is 25.6. The van der Waals surface area contributed by atoms with E-state index in [1.165, 1.54) is 114 Å². The maximum Gasteiger partial charge on any atom is 0.338 e. The van der Waals surface area contributed by atoms with E-state index in [2.05, 4.69) is 38.1 Å². The summed E-state index contributed by atoms with van der Waals surface area (Å²) in [6.45, 7) is 8.38.